The smallest absolute Gasteiger partial charge is 0.239 e. The Labute approximate surface area is 151 Å². The summed E-state index contributed by atoms with van der Waals surface area (Å²) >= 11 is 0. The Morgan fingerprint density at radius 2 is 2.00 bits per heavy atom. The van der Waals surface area contributed by atoms with E-state index in [0.717, 1.165) is 49.6 Å². The molecule has 5 nitrogen and oxygen atoms in total. The molecular weight excluding hydrogens is 314 g/mol. The summed E-state index contributed by atoms with van der Waals surface area (Å²) in [6, 6.07) is 0.557. The van der Waals surface area contributed by atoms with Crippen LogP contribution in [0.3, 0.4) is 0 Å². The van der Waals surface area contributed by atoms with Gasteiger partial charge < -0.3 is 15.5 Å². The van der Waals surface area contributed by atoms with Crippen LogP contribution in [0.15, 0.2) is 12.2 Å². The Bertz CT molecular complexity index is 534. The zero-order valence-corrected chi connectivity index (χ0v) is 16.0. The van der Waals surface area contributed by atoms with E-state index in [1.165, 1.54) is 6.42 Å². The van der Waals surface area contributed by atoms with Gasteiger partial charge >= 0.3 is 0 Å². The Morgan fingerprint density at radius 1 is 1.28 bits per heavy atom. The first kappa shape index (κ1) is 18.4. The van der Waals surface area contributed by atoms with Gasteiger partial charge in [-0.05, 0) is 77.2 Å². The molecule has 2 bridgehead atoms. The van der Waals surface area contributed by atoms with Gasteiger partial charge in [-0.3, -0.25) is 9.59 Å². The highest BCUT2D eigenvalue weighted by Gasteiger charge is 2.54. The van der Waals surface area contributed by atoms with Crippen LogP contribution in [0, 0.1) is 23.7 Å². The minimum Gasteiger partial charge on any atom is -0.354 e. The first-order chi connectivity index (χ1) is 11.8. The highest BCUT2D eigenvalue weighted by Crippen LogP contribution is 2.53. The number of fused-ring (bicyclic) bond motifs is 5. The van der Waals surface area contributed by atoms with Gasteiger partial charge in [-0.1, -0.05) is 12.2 Å². The molecule has 0 radical (unpaired) electrons. The average Bonchev–Trinajstić information content (AvgIpc) is 3.30. The van der Waals surface area contributed by atoms with E-state index in [4.69, 9.17) is 0 Å². The molecule has 2 aliphatic heterocycles. The fourth-order valence-electron chi connectivity index (χ4n) is 5.10. The van der Waals surface area contributed by atoms with Crippen LogP contribution in [0.1, 0.15) is 47.0 Å². The van der Waals surface area contributed by atoms with Gasteiger partial charge in [-0.25, -0.2) is 0 Å². The van der Waals surface area contributed by atoms with Crippen LogP contribution in [0.25, 0.3) is 0 Å². The predicted molar refractivity (Wildman–Crippen MR) is 98.9 cm³/mol. The number of nitrogens with zero attached hydrogens (tertiary/aromatic N) is 1. The number of nitrogens with one attached hydrogen (secondary N) is 2. The molecule has 2 heterocycles. The van der Waals surface area contributed by atoms with Crippen molar-refractivity contribution in [2.45, 2.75) is 64.6 Å². The molecule has 4 aliphatic rings. The van der Waals surface area contributed by atoms with E-state index in [1.54, 1.807) is 0 Å². The summed E-state index contributed by atoms with van der Waals surface area (Å²) in [5.74, 6) is 3.38. The molecule has 2 aliphatic carbocycles. The van der Waals surface area contributed by atoms with E-state index in [-0.39, 0.29) is 11.6 Å². The molecule has 140 valence electrons. The Balaban J connectivity index is 0.000000225. The lowest BCUT2D eigenvalue weighted by atomic mass is 9.82. The number of carbonyl (C=O) groups is 2. The summed E-state index contributed by atoms with van der Waals surface area (Å²) in [6.45, 7) is 10.1. The van der Waals surface area contributed by atoms with Crippen molar-refractivity contribution in [3.8, 4) is 0 Å². The average molecular weight is 348 g/mol. The molecule has 6 unspecified atom stereocenters. The first-order valence-corrected chi connectivity index (χ1v) is 9.75. The summed E-state index contributed by atoms with van der Waals surface area (Å²) in [5, 5.41) is 5.95. The number of hydrogen-bond donors (Lipinski definition) is 2. The number of rotatable bonds is 2. The number of allylic oxidation sites excluding steroid dienone is 2. The summed E-state index contributed by atoms with van der Waals surface area (Å²) in [6.07, 6.45) is 9.05. The summed E-state index contributed by atoms with van der Waals surface area (Å²) in [7, 11) is 0. The van der Waals surface area contributed by atoms with Crippen molar-refractivity contribution in [1.29, 1.82) is 0 Å². The lowest BCUT2D eigenvalue weighted by Gasteiger charge is -2.28. The van der Waals surface area contributed by atoms with Crippen LogP contribution in [0.5, 0.6) is 0 Å². The van der Waals surface area contributed by atoms with Crippen molar-refractivity contribution in [2.75, 3.05) is 13.1 Å². The van der Waals surface area contributed by atoms with Crippen molar-refractivity contribution in [1.82, 2.24) is 15.5 Å². The molecule has 0 aromatic carbocycles. The monoisotopic (exact) mass is 347 g/mol. The quantitative estimate of drug-likeness (QED) is 0.593. The van der Waals surface area contributed by atoms with Gasteiger partial charge in [0.25, 0.3) is 0 Å². The normalized spacial score (nSPS) is 38.3. The number of likely N-dealkylation sites (tertiary alicyclic amines) is 1. The highest BCUT2D eigenvalue weighted by molar-refractivity contribution is 5.83. The Kier molecular flexibility index (Phi) is 5.24. The molecular formula is C20H33N3O2. The molecule has 25 heavy (non-hydrogen) atoms. The number of hydrogen-bond acceptors (Lipinski definition) is 3. The minimum atomic E-state index is -0.0677. The largest absolute Gasteiger partial charge is 0.354 e. The van der Waals surface area contributed by atoms with E-state index in [2.05, 4.69) is 34.6 Å². The molecule has 0 aromatic rings. The van der Waals surface area contributed by atoms with Gasteiger partial charge in [0.1, 0.15) is 0 Å². The lowest BCUT2D eigenvalue weighted by Crippen LogP contribution is -2.46. The van der Waals surface area contributed by atoms with Crippen molar-refractivity contribution >= 4 is 12.3 Å². The molecule has 3 fully saturated rings. The van der Waals surface area contributed by atoms with E-state index in [1.807, 2.05) is 20.8 Å². The van der Waals surface area contributed by atoms with E-state index < -0.39 is 0 Å². The zero-order valence-electron chi connectivity index (χ0n) is 16.0. The van der Waals surface area contributed by atoms with E-state index >= 15 is 0 Å². The Morgan fingerprint density at radius 3 is 2.52 bits per heavy atom. The fourth-order valence-corrected chi connectivity index (χ4v) is 5.10. The predicted octanol–water partition coefficient (Wildman–Crippen LogP) is 1.94. The first-order valence-electron chi connectivity index (χ1n) is 9.75. The molecule has 0 spiro atoms. The van der Waals surface area contributed by atoms with Crippen LogP contribution in [-0.2, 0) is 9.59 Å². The molecule has 2 N–H and O–H groups in total. The lowest BCUT2D eigenvalue weighted by molar-refractivity contribution is -0.134. The maximum Gasteiger partial charge on any atom is 0.239 e. The fraction of sp³-hybridized carbons (Fsp3) is 0.800. The molecule has 2 amide bonds. The molecule has 1 saturated carbocycles. The number of carbonyl (C=O) groups excluding carboxylic acids is 2. The summed E-state index contributed by atoms with van der Waals surface area (Å²) in [4.78, 5) is 24.5. The SMILES string of the molecule is CC(C)(C)NC=O.CC1C2C3C=CC(C3)C2CN1C(=O)C1CCCN1. The van der Waals surface area contributed by atoms with Crippen LogP contribution in [0.4, 0.5) is 0 Å². The molecule has 5 heteroatoms. The molecule has 6 atom stereocenters. The Hall–Kier alpha value is -1.36. The van der Waals surface area contributed by atoms with Gasteiger partial charge in [0, 0.05) is 18.1 Å². The third kappa shape index (κ3) is 3.76. The van der Waals surface area contributed by atoms with Crippen molar-refractivity contribution in [3.05, 3.63) is 12.2 Å². The third-order valence-electron chi connectivity index (χ3n) is 6.28. The highest BCUT2D eigenvalue weighted by atomic mass is 16.2. The van der Waals surface area contributed by atoms with Gasteiger partial charge in [0.2, 0.25) is 12.3 Å². The summed E-state index contributed by atoms with van der Waals surface area (Å²) < 4.78 is 0. The van der Waals surface area contributed by atoms with Gasteiger partial charge in [-0.2, -0.15) is 0 Å². The second kappa shape index (κ2) is 7.10. The van der Waals surface area contributed by atoms with Crippen LogP contribution in [0.2, 0.25) is 0 Å². The topological polar surface area (TPSA) is 61.4 Å². The zero-order chi connectivity index (χ0) is 18.2. The van der Waals surface area contributed by atoms with Crippen LogP contribution in [-0.4, -0.2) is 47.9 Å². The van der Waals surface area contributed by atoms with Gasteiger partial charge in [0.05, 0.1) is 6.04 Å². The van der Waals surface area contributed by atoms with Crippen molar-refractivity contribution < 1.29 is 9.59 Å². The van der Waals surface area contributed by atoms with Gasteiger partial charge in [-0.15, -0.1) is 0 Å². The minimum absolute atomic E-state index is 0.0677. The van der Waals surface area contributed by atoms with Crippen molar-refractivity contribution in [3.63, 3.8) is 0 Å². The number of amides is 2. The molecule has 4 rings (SSSR count). The third-order valence-corrected chi connectivity index (χ3v) is 6.28. The molecule has 2 saturated heterocycles. The van der Waals surface area contributed by atoms with Crippen LogP contribution < -0.4 is 10.6 Å². The summed E-state index contributed by atoms with van der Waals surface area (Å²) in [5.41, 5.74) is -0.0677. The van der Waals surface area contributed by atoms with Crippen LogP contribution >= 0.6 is 0 Å². The standard InChI is InChI=1S/C15H22N2O.C5H11NO/c1-9-14-11-5-4-10(7-11)12(14)8-17(9)15(18)13-3-2-6-16-13;1-5(2,3)6-4-7/h4-5,9-14,16H,2-3,6-8H2,1H3;4H,1-3H3,(H,6,7). The second-order valence-corrected chi connectivity index (χ2v) is 9.08. The second-order valence-electron chi connectivity index (χ2n) is 9.08. The maximum atomic E-state index is 12.6. The van der Waals surface area contributed by atoms with Gasteiger partial charge in [0.15, 0.2) is 0 Å². The van der Waals surface area contributed by atoms with E-state index in [9.17, 15) is 9.59 Å². The maximum absolute atomic E-state index is 12.6. The van der Waals surface area contributed by atoms with Crippen molar-refractivity contribution in [2.24, 2.45) is 23.7 Å². The molecule has 0 aromatic heterocycles. The van der Waals surface area contributed by atoms with E-state index in [0.29, 0.717) is 18.4 Å².